The second-order valence-electron chi connectivity index (χ2n) is 10.8. The minimum absolute atomic E-state index is 0.0305. The van der Waals surface area contributed by atoms with Gasteiger partial charge in [-0.2, -0.15) is 5.10 Å². The summed E-state index contributed by atoms with van der Waals surface area (Å²) in [5, 5.41) is 21.3. The van der Waals surface area contributed by atoms with Crippen LogP contribution in [0.1, 0.15) is 57.7 Å². The van der Waals surface area contributed by atoms with Crippen molar-refractivity contribution in [1.82, 2.24) is 25.3 Å². The predicted octanol–water partition coefficient (Wildman–Crippen LogP) is 2.72. The average molecular weight is 496 g/mol. The van der Waals surface area contributed by atoms with E-state index in [0.29, 0.717) is 6.54 Å². The van der Waals surface area contributed by atoms with Gasteiger partial charge in [0.15, 0.2) is 0 Å². The summed E-state index contributed by atoms with van der Waals surface area (Å²) < 4.78 is 2.00. The van der Waals surface area contributed by atoms with Crippen molar-refractivity contribution < 1.29 is 14.7 Å². The molecule has 1 aromatic carbocycles. The largest absolute Gasteiger partial charge is 0.391 e. The number of aromatic nitrogens is 2. The van der Waals surface area contributed by atoms with Crippen LogP contribution in [-0.4, -0.2) is 56.8 Å². The number of aryl methyl sites for hydroxylation is 1. The van der Waals surface area contributed by atoms with Gasteiger partial charge in [0, 0.05) is 50.3 Å². The van der Waals surface area contributed by atoms with Gasteiger partial charge in [-0.3, -0.25) is 14.3 Å². The Morgan fingerprint density at radius 1 is 1.17 bits per heavy atom. The second-order valence-corrected chi connectivity index (χ2v) is 10.8. The van der Waals surface area contributed by atoms with Crippen molar-refractivity contribution in [1.29, 1.82) is 0 Å². The van der Waals surface area contributed by atoms with Crippen LogP contribution >= 0.6 is 0 Å². The smallest absolute Gasteiger partial charge is 0.243 e. The molecule has 3 N–H and O–H groups in total. The molecule has 196 valence electrons. The molecule has 3 heterocycles. The standard InChI is InChI=1S/C28H41N5O3/c1-6-33-24(10-12-31-33)22-8-7-19(21-9-11-29-15-23(21)22)14-30-27(35)25-13-20(34)16-32(25)28(36)26(17(2)3)18(4)5/h7-8,10,12,17-18,20,25-26,29,34H,6,9,11,13-16H2,1-5H3,(H,30,35). The molecule has 0 bridgehead atoms. The zero-order valence-corrected chi connectivity index (χ0v) is 22.3. The average Bonchev–Trinajstić information content (AvgIpc) is 3.48. The van der Waals surface area contributed by atoms with Crippen LogP contribution in [0.25, 0.3) is 11.3 Å². The normalized spacial score (nSPS) is 19.9. The number of likely N-dealkylation sites (tertiary alicyclic amines) is 1. The molecule has 0 aliphatic carbocycles. The number of rotatable bonds is 8. The van der Waals surface area contributed by atoms with Gasteiger partial charge in [-0.25, -0.2) is 0 Å². The van der Waals surface area contributed by atoms with Gasteiger partial charge >= 0.3 is 0 Å². The van der Waals surface area contributed by atoms with Gasteiger partial charge in [-0.05, 0) is 54.5 Å². The fourth-order valence-corrected chi connectivity index (χ4v) is 6.04. The lowest BCUT2D eigenvalue weighted by Gasteiger charge is -2.32. The van der Waals surface area contributed by atoms with E-state index in [1.807, 2.05) is 44.6 Å². The van der Waals surface area contributed by atoms with Crippen LogP contribution in [0.15, 0.2) is 24.4 Å². The number of β-amino-alcohol motifs (C(OH)–C–C–N with tert-alkyl or cyclic N) is 1. The molecule has 0 radical (unpaired) electrons. The first-order chi connectivity index (χ1) is 17.2. The maximum absolute atomic E-state index is 13.4. The molecule has 1 fully saturated rings. The quantitative estimate of drug-likeness (QED) is 0.523. The summed E-state index contributed by atoms with van der Waals surface area (Å²) in [7, 11) is 0. The Kier molecular flexibility index (Phi) is 8.15. The van der Waals surface area contributed by atoms with Crippen molar-refractivity contribution in [3.05, 3.63) is 41.1 Å². The molecule has 2 aliphatic rings. The summed E-state index contributed by atoms with van der Waals surface area (Å²) in [5.41, 5.74) is 5.91. The van der Waals surface area contributed by atoms with E-state index < -0.39 is 12.1 Å². The fraction of sp³-hybridized carbons (Fsp3) is 0.607. The molecular formula is C28H41N5O3. The number of fused-ring (bicyclic) bond motifs is 1. The molecule has 8 nitrogen and oxygen atoms in total. The molecule has 2 aromatic rings. The molecule has 2 atom stereocenters. The number of hydrogen-bond donors (Lipinski definition) is 3. The van der Waals surface area contributed by atoms with E-state index in [9.17, 15) is 14.7 Å². The molecule has 0 spiro atoms. The summed E-state index contributed by atoms with van der Waals surface area (Å²) in [6.07, 6.45) is 2.34. The third kappa shape index (κ3) is 5.20. The first-order valence-electron chi connectivity index (χ1n) is 13.4. The van der Waals surface area contributed by atoms with Gasteiger partial charge in [0.1, 0.15) is 6.04 Å². The number of carbonyl (C=O) groups excluding carboxylic acids is 2. The van der Waals surface area contributed by atoms with E-state index in [2.05, 4.69) is 34.8 Å². The van der Waals surface area contributed by atoms with Crippen LogP contribution in [0, 0.1) is 17.8 Å². The minimum Gasteiger partial charge on any atom is -0.391 e. The lowest BCUT2D eigenvalue weighted by molar-refractivity contribution is -0.144. The maximum Gasteiger partial charge on any atom is 0.243 e. The molecule has 4 rings (SSSR count). The van der Waals surface area contributed by atoms with Gasteiger partial charge in [0.05, 0.1) is 11.8 Å². The maximum atomic E-state index is 13.4. The van der Waals surface area contributed by atoms with Gasteiger partial charge in [0.2, 0.25) is 11.8 Å². The highest BCUT2D eigenvalue weighted by molar-refractivity contribution is 5.89. The van der Waals surface area contributed by atoms with E-state index in [1.165, 1.54) is 16.7 Å². The summed E-state index contributed by atoms with van der Waals surface area (Å²) >= 11 is 0. The third-order valence-electron chi connectivity index (χ3n) is 7.71. The Bertz CT molecular complexity index is 1080. The molecule has 2 aliphatic heterocycles. The number of aliphatic hydroxyl groups is 1. The highest BCUT2D eigenvalue weighted by Gasteiger charge is 2.42. The van der Waals surface area contributed by atoms with E-state index in [1.54, 1.807) is 4.90 Å². The SMILES string of the molecule is CCn1nccc1-c1ccc(CNC(=O)C2CC(O)CN2C(=O)C(C(C)C)C(C)C)c2c1CNCC2. The topological polar surface area (TPSA) is 99.5 Å². The Balaban J connectivity index is 1.52. The number of aliphatic hydroxyl groups excluding tert-OH is 1. The van der Waals surface area contributed by atoms with E-state index in [4.69, 9.17) is 0 Å². The first kappa shape index (κ1) is 26.4. The molecule has 1 aromatic heterocycles. The summed E-state index contributed by atoms with van der Waals surface area (Å²) in [6.45, 7) is 13.4. The van der Waals surface area contributed by atoms with Crippen molar-refractivity contribution in [2.45, 2.75) is 79.2 Å². The minimum atomic E-state index is -0.675. The zero-order chi connectivity index (χ0) is 26.0. The summed E-state index contributed by atoms with van der Waals surface area (Å²) in [4.78, 5) is 28.3. The Hall–Kier alpha value is -2.71. The number of nitrogens with zero attached hydrogens (tertiary/aromatic N) is 3. The van der Waals surface area contributed by atoms with Gasteiger partial charge in [-0.1, -0.05) is 39.8 Å². The number of amides is 2. The first-order valence-corrected chi connectivity index (χ1v) is 13.4. The molecule has 0 saturated carbocycles. The molecule has 2 unspecified atom stereocenters. The number of hydrogen-bond acceptors (Lipinski definition) is 5. The molecule has 2 amide bonds. The lowest BCUT2D eigenvalue weighted by Crippen LogP contribution is -2.49. The van der Waals surface area contributed by atoms with Crippen LogP contribution in [0.5, 0.6) is 0 Å². The lowest BCUT2D eigenvalue weighted by atomic mass is 9.84. The van der Waals surface area contributed by atoms with E-state index in [-0.39, 0.29) is 42.5 Å². The Morgan fingerprint density at radius 3 is 2.61 bits per heavy atom. The van der Waals surface area contributed by atoms with E-state index in [0.717, 1.165) is 37.3 Å². The molecule has 1 saturated heterocycles. The van der Waals surface area contributed by atoms with Crippen LogP contribution in [0.3, 0.4) is 0 Å². The van der Waals surface area contributed by atoms with Gasteiger partial charge in [0.25, 0.3) is 0 Å². The number of benzene rings is 1. The third-order valence-corrected chi connectivity index (χ3v) is 7.71. The van der Waals surface area contributed by atoms with Crippen molar-refractivity contribution in [2.24, 2.45) is 17.8 Å². The van der Waals surface area contributed by atoms with Crippen molar-refractivity contribution in [3.63, 3.8) is 0 Å². The summed E-state index contributed by atoms with van der Waals surface area (Å²) in [5.74, 6) is -0.0588. The van der Waals surface area contributed by atoms with Gasteiger partial charge in [-0.15, -0.1) is 0 Å². The number of nitrogens with one attached hydrogen (secondary N) is 2. The van der Waals surface area contributed by atoms with Crippen molar-refractivity contribution >= 4 is 11.8 Å². The van der Waals surface area contributed by atoms with Crippen LogP contribution in [0.4, 0.5) is 0 Å². The van der Waals surface area contributed by atoms with Crippen molar-refractivity contribution in [2.75, 3.05) is 13.1 Å². The summed E-state index contributed by atoms with van der Waals surface area (Å²) in [6, 6.07) is 5.64. The van der Waals surface area contributed by atoms with Gasteiger partial charge < -0.3 is 20.6 Å². The monoisotopic (exact) mass is 495 g/mol. The molecule has 36 heavy (non-hydrogen) atoms. The Labute approximate surface area is 214 Å². The zero-order valence-electron chi connectivity index (χ0n) is 22.3. The molecular weight excluding hydrogens is 454 g/mol. The predicted molar refractivity (Wildman–Crippen MR) is 140 cm³/mol. The second kappa shape index (κ2) is 11.1. The highest BCUT2D eigenvalue weighted by atomic mass is 16.3. The van der Waals surface area contributed by atoms with Crippen LogP contribution < -0.4 is 10.6 Å². The fourth-order valence-electron chi connectivity index (χ4n) is 6.04. The van der Waals surface area contributed by atoms with Crippen molar-refractivity contribution in [3.8, 4) is 11.3 Å². The van der Waals surface area contributed by atoms with Crippen LogP contribution in [0.2, 0.25) is 0 Å². The Morgan fingerprint density at radius 2 is 1.92 bits per heavy atom. The number of carbonyl (C=O) groups is 2. The molecule has 8 heteroatoms. The van der Waals surface area contributed by atoms with E-state index >= 15 is 0 Å². The van der Waals surface area contributed by atoms with Crippen LogP contribution in [-0.2, 0) is 35.6 Å². The highest BCUT2D eigenvalue weighted by Crippen LogP contribution is 2.31.